The van der Waals surface area contributed by atoms with Crippen molar-refractivity contribution in [1.29, 1.82) is 0 Å². The number of fused-ring (bicyclic) bond motifs is 4. The second-order valence-electron chi connectivity index (χ2n) is 27.9. The first kappa shape index (κ1) is 93.1. The summed E-state index contributed by atoms with van der Waals surface area (Å²) < 4.78 is 40.0. The van der Waals surface area contributed by atoms with Crippen molar-refractivity contribution in [3.05, 3.63) is 125 Å². The number of nitrogens with two attached hydrogens (primary N) is 1. The van der Waals surface area contributed by atoms with E-state index < -0.39 is 242 Å². The van der Waals surface area contributed by atoms with Gasteiger partial charge in [0.25, 0.3) is 17.4 Å². The van der Waals surface area contributed by atoms with Gasteiger partial charge in [-0.15, -0.1) is 0 Å². The first-order valence-corrected chi connectivity index (χ1v) is 36.5. The number of ether oxygens (including phenoxy) is 7. The highest BCUT2D eigenvalue weighted by molar-refractivity contribution is 6.53. The van der Waals surface area contributed by atoms with Crippen molar-refractivity contribution in [3.8, 4) is 0 Å². The van der Waals surface area contributed by atoms with Gasteiger partial charge in [-0.2, -0.15) is 0 Å². The normalized spacial score (nSPS) is 41.4. The van der Waals surface area contributed by atoms with Crippen LogP contribution >= 0.6 is 23.2 Å². The molecule has 5 aliphatic heterocycles. The number of carbonyl (C=O) groups is 4. The number of aliphatic carboxylic acids is 1. The van der Waals surface area contributed by atoms with Gasteiger partial charge >= 0.3 is 11.9 Å². The number of Topliss-reactive ketones (excluding diaryl/α,β-unsaturated/α-hetero) is 1. The molecule has 1 aromatic carbocycles. The van der Waals surface area contributed by atoms with Crippen LogP contribution in [0.5, 0.6) is 0 Å². The molecular weight excluding hydrogens is 1470 g/mol. The third-order valence-electron chi connectivity index (χ3n) is 19.5. The molecule has 21 N–H and O–H groups in total. The number of nitro benzene ring substituents is 1. The fourth-order valence-electron chi connectivity index (χ4n) is 13.1. The van der Waals surface area contributed by atoms with E-state index >= 15 is 0 Å². The number of nitrogens with zero attached hydrogens (tertiary/aromatic N) is 1. The third-order valence-corrected chi connectivity index (χ3v) is 19.9. The molecule has 34 nitrogen and oxygen atoms in total. The van der Waals surface area contributed by atoms with Crippen LogP contribution in [-0.4, -0.2) is 294 Å². The Labute approximate surface area is 635 Å². The number of ketones is 1. The fourth-order valence-corrected chi connectivity index (χ4v) is 13.3. The van der Waals surface area contributed by atoms with Crippen LogP contribution in [0, 0.1) is 27.9 Å². The first-order valence-electron chi connectivity index (χ1n) is 35.6. The lowest BCUT2D eigenvalue weighted by atomic mass is 9.80. The Kier molecular flexibility index (Phi) is 38.0. The van der Waals surface area contributed by atoms with Crippen LogP contribution in [0.1, 0.15) is 104 Å². The van der Waals surface area contributed by atoms with Crippen LogP contribution in [-0.2, 0) is 52.3 Å². The number of nitrogens with one attached hydrogen (secondary N) is 3. The molecule has 0 unspecified atom stereocenters. The number of likely N-dealkylation sites (N-methyl/N-ethyl adjacent to an activating group) is 2. The molecule has 610 valence electrons. The topological polar surface area (TPSA) is 562 Å². The van der Waals surface area contributed by atoms with Gasteiger partial charge in [-0.05, 0) is 71.8 Å². The summed E-state index contributed by atoms with van der Waals surface area (Å²) in [6.07, 6.45) is -3.37. The van der Waals surface area contributed by atoms with Crippen LogP contribution in [0.4, 0.5) is 5.69 Å². The number of halogens is 2. The first-order chi connectivity index (χ1) is 50.8. The van der Waals surface area contributed by atoms with Gasteiger partial charge in [0.1, 0.15) is 42.5 Å². The smallest absolute Gasteiger partial charge is 0.311 e. The fraction of sp³-hybridized carbons (Fsp3) is 0.667. The summed E-state index contributed by atoms with van der Waals surface area (Å²) in [5, 5.41) is 187. The maximum Gasteiger partial charge on any atom is 0.311 e. The molecule has 0 aromatic heterocycles. The number of aliphatic hydroxyl groups is 15. The summed E-state index contributed by atoms with van der Waals surface area (Å²) >= 11 is 10.7. The van der Waals surface area contributed by atoms with E-state index in [1.807, 2.05) is 19.1 Å². The van der Waals surface area contributed by atoms with E-state index in [0.717, 1.165) is 0 Å². The van der Waals surface area contributed by atoms with Gasteiger partial charge in [0.2, 0.25) is 6.29 Å². The van der Waals surface area contributed by atoms with E-state index in [2.05, 4.69) is 16.0 Å². The average molecular weight is 1580 g/mol. The Morgan fingerprint density at radius 1 is 0.667 bits per heavy atom. The van der Waals surface area contributed by atoms with Crippen molar-refractivity contribution in [2.45, 2.75) is 262 Å². The van der Waals surface area contributed by atoms with E-state index in [4.69, 9.17) is 67.2 Å². The number of hydrogen-bond donors (Lipinski definition) is 20. The van der Waals surface area contributed by atoms with E-state index in [-0.39, 0.29) is 43.7 Å². The number of carboxylic acids is 1. The molecule has 1 saturated carbocycles. The van der Waals surface area contributed by atoms with Crippen LogP contribution in [0.15, 0.2) is 109 Å². The Hall–Kier alpha value is -5.50. The zero-order chi connectivity index (χ0) is 80.7. The number of allylic oxidation sites excluding steroid dienone is 12. The number of carbonyl (C=O) groups excluding carboxylic acids is 3. The lowest BCUT2D eigenvalue weighted by Gasteiger charge is -2.55. The number of non-ortho nitro benzene ring substituents is 1. The SMILES string of the molecule is CN[C@@H]1[C@H](O)[C@H](NC)[C@H]2O[C@@]3(O)C(=O)C[C@@H](C)O[C@H]3O[C@@H]2[C@H]1O.C[C@@H]1[C@H](O)[C@@H](C)\C=C/C=C\C=C/C=C\C=C/C=C\C=C/[C@H](O[C@@H]2O[C@H](C)[C@@H](O)[C@H](N)[C@@H]2O)C[C@@H]2O[C@](O)(C[C@@H](O)C[C@@H](O)[C@H](O)CC[C@@H](O)C[C@@H](O)CC(=O)O[C@H]1C)C[C@H](O)[C@H]2C(=O)O.O=C(N[C@H](CO)[C@H](O)c1ccc([N+](=O)[O-])cc1)C(Cl)Cl. The van der Waals surface area contributed by atoms with Crippen molar-refractivity contribution in [3.63, 3.8) is 0 Å². The van der Waals surface area contributed by atoms with Gasteiger partial charge in [0, 0.05) is 56.1 Å². The summed E-state index contributed by atoms with van der Waals surface area (Å²) in [7, 11) is 3.24. The van der Waals surface area contributed by atoms with Gasteiger partial charge in [-0.1, -0.05) is 122 Å². The van der Waals surface area contributed by atoms with Gasteiger partial charge in [-0.3, -0.25) is 29.3 Å². The summed E-state index contributed by atoms with van der Waals surface area (Å²) in [5.41, 5.74) is 6.19. The predicted molar refractivity (Wildman–Crippen MR) is 386 cm³/mol. The van der Waals surface area contributed by atoms with Gasteiger partial charge in [-0.25, -0.2) is 0 Å². The molecule has 0 spiro atoms. The molecule has 2 bridgehead atoms. The molecule has 108 heavy (non-hydrogen) atoms. The highest BCUT2D eigenvalue weighted by atomic mass is 35.5. The zero-order valence-electron chi connectivity index (χ0n) is 60.9. The molecular formula is C72H109Cl2N5O29. The Bertz CT molecular complexity index is 3210. The minimum atomic E-state index is -2.33. The summed E-state index contributed by atoms with van der Waals surface area (Å²) in [6, 6.07) is 1.61. The van der Waals surface area contributed by atoms with E-state index in [0.29, 0.717) is 5.56 Å². The number of hydrogen-bond acceptors (Lipinski definition) is 31. The molecule has 1 amide bonds. The lowest BCUT2D eigenvalue weighted by Crippen LogP contribution is -2.77. The molecule has 4 saturated heterocycles. The minimum Gasteiger partial charge on any atom is -0.481 e. The molecule has 5 heterocycles. The lowest BCUT2D eigenvalue weighted by molar-refractivity contribution is -0.420. The quantitative estimate of drug-likeness (QED) is 0.0530. The molecule has 5 fully saturated rings. The molecule has 6 aliphatic rings. The second-order valence-corrected chi connectivity index (χ2v) is 29.0. The number of carboxylic acid groups (broad SMARTS) is 1. The molecule has 1 aromatic rings. The van der Waals surface area contributed by atoms with Crippen molar-refractivity contribution < 1.29 is 139 Å². The third kappa shape index (κ3) is 26.9. The maximum absolute atomic E-state index is 12.6. The second kappa shape index (κ2) is 44.1. The average Bonchev–Trinajstić information content (AvgIpc) is 0.731. The number of nitro groups is 1. The van der Waals surface area contributed by atoms with Crippen molar-refractivity contribution in [2.75, 3.05) is 20.7 Å². The van der Waals surface area contributed by atoms with Crippen LogP contribution in [0.25, 0.3) is 0 Å². The number of esters is 1. The summed E-state index contributed by atoms with van der Waals surface area (Å²) in [5.74, 6) is -10.3. The highest BCUT2D eigenvalue weighted by Gasteiger charge is 2.64. The summed E-state index contributed by atoms with van der Waals surface area (Å²) in [4.78, 5) is 57.2. The zero-order valence-corrected chi connectivity index (χ0v) is 62.5. The van der Waals surface area contributed by atoms with Gasteiger partial charge in [0.15, 0.2) is 22.7 Å². The number of benzene rings is 1. The number of alkyl halides is 2. The van der Waals surface area contributed by atoms with E-state index in [9.17, 15) is 106 Å². The van der Waals surface area contributed by atoms with Crippen molar-refractivity contribution >= 4 is 52.5 Å². The van der Waals surface area contributed by atoms with Crippen LogP contribution in [0.2, 0.25) is 0 Å². The molecule has 0 radical (unpaired) electrons. The highest BCUT2D eigenvalue weighted by Crippen LogP contribution is 2.42. The van der Waals surface area contributed by atoms with E-state index in [1.165, 1.54) is 37.3 Å². The molecule has 30 atom stereocenters. The van der Waals surface area contributed by atoms with Crippen LogP contribution in [0.3, 0.4) is 0 Å². The molecule has 36 heteroatoms. The predicted octanol–water partition coefficient (Wildman–Crippen LogP) is -1.30. The van der Waals surface area contributed by atoms with E-state index in [1.54, 1.807) is 102 Å². The molecule has 1 aliphatic carbocycles. The Balaban J connectivity index is 0.000000388. The Morgan fingerprint density at radius 3 is 1.81 bits per heavy atom. The number of amides is 1. The molecule has 7 rings (SSSR count). The number of rotatable bonds is 11. The number of cyclic esters (lactones) is 1. The van der Waals surface area contributed by atoms with Crippen molar-refractivity contribution in [1.82, 2.24) is 16.0 Å². The van der Waals surface area contributed by atoms with Gasteiger partial charge in [0.05, 0.1) is 121 Å². The van der Waals surface area contributed by atoms with Crippen molar-refractivity contribution in [2.24, 2.45) is 23.5 Å². The minimum absolute atomic E-state index is 0.00220. The van der Waals surface area contributed by atoms with Gasteiger partial charge < -0.3 is 137 Å². The van der Waals surface area contributed by atoms with Crippen LogP contribution < -0.4 is 21.7 Å². The standard InChI is InChI=1S/C47H73NO17.C14H24N2O7.C11H12Cl2N2O5/c1-27-17-15-13-11-9-7-5-6-8-10-12-14-16-18-34(64-46-44(58)41(48)43(57)30(4)63-46)24-38-40(45(59)60)37(54)26-47(61,65-38)25-33(51)22-36(53)35(52)20-19-31(49)21-32(50)23-39(55)62-29(3)28(2)42(27)56;1-5-4-6(17)14(20)13(21-5)22-12-10(19)7(15-2)9(18)8(16-3)11(12)23-14;12-10(13)11(18)14-8(5-16)9(17)6-1-3-7(4-2-6)15(19)20/h5-18,27-38,40-44,46,49-54,56-58,61H,19-26,48H2,1-4H3,(H,59,60);5,7-13,15-16,18-20H,4H2,1-3H3;1-4,8-10,16-17H,5H2,(H,14,18)/b6-5-,9-7-,10-8-,13-11-,14-12-,17-15-,18-16-;;/t27-,28-,29-,30+,31+,32+,33-,34-,35+,36+,37-,38-,40+,41-,42+,43+,44-,46-,47+;5-,7-,8+,9+,10+,11-,12-,13+,14+;8-,9-/m011/s1. The largest absolute Gasteiger partial charge is 0.481 e. The monoisotopic (exact) mass is 1580 g/mol. The Morgan fingerprint density at radius 2 is 1.25 bits per heavy atom. The maximum atomic E-state index is 12.6. The number of aliphatic hydroxyl groups excluding tert-OH is 13. The summed E-state index contributed by atoms with van der Waals surface area (Å²) in [6.45, 7) is 7.89.